The van der Waals surface area contributed by atoms with Crippen LogP contribution in [0.1, 0.15) is 40.0 Å². The van der Waals surface area contributed by atoms with E-state index in [-0.39, 0.29) is 80.4 Å². The largest absolute Gasteiger partial charge is 0.308 e. The van der Waals surface area contributed by atoms with Crippen LogP contribution in [0, 0.1) is 0 Å². The Balaban J connectivity index is 2.32. The van der Waals surface area contributed by atoms with E-state index < -0.39 is 23.5 Å². The lowest BCUT2D eigenvalue weighted by Crippen LogP contribution is -2.10. The van der Waals surface area contributed by atoms with Crippen LogP contribution in [0.15, 0.2) is 60.4 Å². The van der Waals surface area contributed by atoms with Crippen LogP contribution in [0.25, 0.3) is 38.1 Å². The molecule has 1 nitrogen and oxygen atoms in total. The number of hydrogen-bond donors (Lipinski definition) is 0. The predicted molar refractivity (Wildman–Crippen MR) is 99.8 cm³/mol. The van der Waals surface area contributed by atoms with Crippen LogP contribution in [0.4, 0.5) is 0 Å². The molecule has 23 heavy (non-hydrogen) atoms. The number of rotatable bonds is 0. The van der Waals surface area contributed by atoms with E-state index in [1.807, 2.05) is 20.8 Å². The van der Waals surface area contributed by atoms with Crippen molar-refractivity contribution in [1.29, 1.82) is 0 Å². The fraction of sp³-hybridized carbons (Fsp3) is 0.182. The second-order valence-electron chi connectivity index (χ2n) is 6.76. The molecular weight excluding hydrogens is 278 g/mol. The van der Waals surface area contributed by atoms with Gasteiger partial charge in [-0.15, -0.1) is 0 Å². The number of para-hydroxylation sites is 2. The van der Waals surface area contributed by atoms with Gasteiger partial charge in [0.05, 0.1) is 30.3 Å². The quantitative estimate of drug-likeness (QED) is 0.324. The zero-order chi connectivity index (χ0) is 24.5. The number of hydrogen-bond acceptors (Lipinski definition) is 0. The third-order valence-electron chi connectivity index (χ3n) is 4.23. The first-order valence-electron chi connectivity index (χ1n) is 12.4. The molecule has 0 aliphatic heterocycles. The van der Waals surface area contributed by atoms with Crippen molar-refractivity contribution >= 4 is 38.1 Å². The minimum atomic E-state index is -0.651. The Hall–Kier alpha value is -2.54. The van der Waals surface area contributed by atoms with E-state index in [0.717, 1.165) is 0 Å². The second-order valence-corrected chi connectivity index (χ2v) is 6.76. The maximum absolute atomic E-state index is 8.94. The first kappa shape index (κ1) is 6.52. The summed E-state index contributed by atoms with van der Waals surface area (Å²) < 4.78 is 86.6. The Bertz CT molecular complexity index is 1690. The van der Waals surface area contributed by atoms with Crippen LogP contribution < -0.4 is 0 Å². The van der Waals surface area contributed by atoms with Gasteiger partial charge in [-0.3, -0.25) is 0 Å². The van der Waals surface area contributed by atoms with Crippen molar-refractivity contribution in [3.05, 3.63) is 66.0 Å². The highest BCUT2D eigenvalue weighted by molar-refractivity contribution is 6.23. The molecule has 0 amide bonds. The van der Waals surface area contributed by atoms with Gasteiger partial charge in [0.15, 0.2) is 0 Å². The summed E-state index contributed by atoms with van der Waals surface area (Å²) in [5, 5.41) is 0.470. The molecule has 0 saturated heterocycles. The Morgan fingerprint density at radius 2 is 1.39 bits per heavy atom. The lowest BCUT2D eigenvalue weighted by atomic mass is 9.86. The van der Waals surface area contributed by atoms with Gasteiger partial charge >= 0.3 is 0 Å². The Morgan fingerprint density at radius 1 is 0.739 bits per heavy atom. The highest BCUT2D eigenvalue weighted by Gasteiger charge is 2.19. The van der Waals surface area contributed by atoms with Crippen LogP contribution >= 0.6 is 0 Å². The molecule has 1 heteroatoms. The predicted octanol–water partition coefficient (Wildman–Crippen LogP) is 6.13. The van der Waals surface area contributed by atoms with Gasteiger partial charge in [-0.25, -0.2) is 0 Å². The van der Waals surface area contributed by atoms with E-state index >= 15 is 0 Å². The molecule has 112 valence electrons. The number of fused-ring (bicyclic) bond motifs is 6. The standard InChI is InChI=1S/C22H19N/c1-22(2,3)14-11-12-20-18(13-14)17-9-6-8-16-15-7-4-5-10-19(15)23(20)21(16)17/h4-13H,1-3H3/i4D,5D,6D,7D,8D,9D,10D,11D,12D,13D. The van der Waals surface area contributed by atoms with Crippen molar-refractivity contribution in [3.63, 3.8) is 0 Å². The minimum Gasteiger partial charge on any atom is -0.308 e. The molecule has 2 aromatic heterocycles. The van der Waals surface area contributed by atoms with E-state index in [0.29, 0.717) is 5.56 Å². The first-order valence-corrected chi connectivity index (χ1v) is 7.42. The number of benzene rings is 3. The van der Waals surface area contributed by atoms with Gasteiger partial charge in [0.25, 0.3) is 0 Å². The van der Waals surface area contributed by atoms with E-state index in [4.69, 9.17) is 13.7 Å². The van der Waals surface area contributed by atoms with E-state index in [2.05, 4.69) is 0 Å². The number of aromatic nitrogens is 1. The summed E-state index contributed by atoms with van der Waals surface area (Å²) in [6, 6.07) is -3.24. The van der Waals surface area contributed by atoms with Crippen molar-refractivity contribution in [3.8, 4) is 0 Å². The zero-order valence-corrected chi connectivity index (χ0v) is 12.9. The van der Waals surface area contributed by atoms with Crippen LogP contribution in [0.2, 0.25) is 0 Å². The van der Waals surface area contributed by atoms with Gasteiger partial charge in [-0.1, -0.05) is 63.1 Å². The molecular formula is C22H19N. The van der Waals surface area contributed by atoms with Crippen LogP contribution in [0.5, 0.6) is 0 Å². The van der Waals surface area contributed by atoms with Crippen molar-refractivity contribution in [2.75, 3.05) is 0 Å². The van der Waals surface area contributed by atoms with Gasteiger partial charge in [0.2, 0.25) is 0 Å². The van der Waals surface area contributed by atoms with Gasteiger partial charge in [-0.05, 0) is 29.1 Å². The maximum atomic E-state index is 8.94. The third-order valence-corrected chi connectivity index (χ3v) is 4.23. The molecule has 0 spiro atoms. The van der Waals surface area contributed by atoms with Crippen molar-refractivity contribution < 1.29 is 13.7 Å². The molecule has 3 aromatic carbocycles. The van der Waals surface area contributed by atoms with Crippen LogP contribution in [0.3, 0.4) is 0 Å². The zero-order valence-electron chi connectivity index (χ0n) is 22.9. The SMILES string of the molecule is [2H]c1c([2H])c([2H])c2c(c1[2H])c1c([2H])c([2H])c([2H])c3c4c([2H])c(C(C)(C)C)c([2H])c([2H])c4n2c13. The van der Waals surface area contributed by atoms with Gasteiger partial charge in [0.1, 0.15) is 0 Å². The summed E-state index contributed by atoms with van der Waals surface area (Å²) in [5.74, 6) is 0. The Morgan fingerprint density at radius 3 is 2.17 bits per heavy atom. The highest BCUT2D eigenvalue weighted by atomic mass is 14.9. The molecule has 0 radical (unpaired) electrons. The van der Waals surface area contributed by atoms with E-state index in [1.165, 1.54) is 4.40 Å². The summed E-state index contributed by atoms with van der Waals surface area (Å²) in [4.78, 5) is 0. The number of nitrogens with zero attached hydrogens (tertiary/aromatic N) is 1. The fourth-order valence-corrected chi connectivity index (χ4v) is 3.10. The molecule has 0 unspecified atom stereocenters. The monoisotopic (exact) mass is 307 g/mol. The molecule has 2 heterocycles. The molecule has 0 saturated carbocycles. The van der Waals surface area contributed by atoms with Crippen LogP contribution in [-0.4, -0.2) is 4.40 Å². The lowest BCUT2D eigenvalue weighted by molar-refractivity contribution is 0.591. The van der Waals surface area contributed by atoms with Crippen molar-refractivity contribution in [2.45, 2.75) is 26.2 Å². The molecule has 5 rings (SSSR count). The van der Waals surface area contributed by atoms with Gasteiger partial charge in [0, 0.05) is 21.5 Å². The normalized spacial score (nSPS) is 19.1. The topological polar surface area (TPSA) is 4.41 Å². The average Bonchev–Trinajstić information content (AvgIpc) is 3.25. The minimum absolute atomic E-state index is 0.0188. The Labute approximate surface area is 149 Å². The van der Waals surface area contributed by atoms with Crippen LogP contribution in [-0.2, 0) is 5.41 Å². The lowest BCUT2D eigenvalue weighted by Gasteiger charge is -2.19. The molecule has 0 fully saturated rings. The highest BCUT2D eigenvalue weighted by Crippen LogP contribution is 2.39. The smallest absolute Gasteiger partial charge is 0.0645 e. The molecule has 0 aliphatic carbocycles. The van der Waals surface area contributed by atoms with E-state index in [9.17, 15) is 0 Å². The summed E-state index contributed by atoms with van der Waals surface area (Å²) in [7, 11) is 0. The molecule has 0 atom stereocenters. The first-order chi connectivity index (χ1) is 15.2. The van der Waals surface area contributed by atoms with Crippen molar-refractivity contribution in [1.82, 2.24) is 4.40 Å². The Kier molecular flexibility index (Phi) is 1.15. The second kappa shape index (κ2) is 4.05. The van der Waals surface area contributed by atoms with Gasteiger partial charge in [-0.2, -0.15) is 0 Å². The molecule has 5 aromatic rings. The third kappa shape index (κ3) is 1.57. The van der Waals surface area contributed by atoms with Gasteiger partial charge < -0.3 is 4.40 Å². The fourth-order valence-electron chi connectivity index (χ4n) is 3.10. The summed E-state index contributed by atoms with van der Waals surface area (Å²) >= 11 is 0. The summed E-state index contributed by atoms with van der Waals surface area (Å²) in [6.07, 6.45) is 0. The summed E-state index contributed by atoms with van der Waals surface area (Å²) in [5.41, 5.74) is -0.0214. The van der Waals surface area contributed by atoms with Crippen molar-refractivity contribution in [2.24, 2.45) is 0 Å². The van der Waals surface area contributed by atoms with E-state index in [1.54, 1.807) is 0 Å². The summed E-state index contributed by atoms with van der Waals surface area (Å²) in [6.45, 7) is 5.47. The molecule has 0 aliphatic rings. The average molecular weight is 307 g/mol. The molecule has 0 bridgehead atoms. The maximum Gasteiger partial charge on any atom is 0.0645 e. The molecule has 0 N–H and O–H groups in total.